The predicted octanol–water partition coefficient (Wildman–Crippen LogP) is 3.57. The van der Waals surface area contributed by atoms with Crippen molar-refractivity contribution in [3.63, 3.8) is 0 Å². The minimum Gasteiger partial charge on any atom is -0.169 e. The van der Waals surface area contributed by atoms with Crippen LogP contribution in [0.25, 0.3) is 0 Å². The summed E-state index contributed by atoms with van der Waals surface area (Å²) in [5, 5.41) is 0. The summed E-state index contributed by atoms with van der Waals surface area (Å²) in [7, 11) is 0. The van der Waals surface area contributed by atoms with Gasteiger partial charge in [-0.25, -0.2) is 0 Å². The molecule has 0 heterocycles. The van der Waals surface area contributed by atoms with Crippen LogP contribution in [-0.2, 0) is 0 Å². The predicted molar refractivity (Wildman–Crippen MR) is 49.3 cm³/mol. The maximum Gasteiger partial charge on any atom is -0.0187 e. The fourth-order valence-corrected chi connectivity index (χ4v) is 0.500. The average Bonchev–Trinajstić information content (AvgIpc) is 1.86. The van der Waals surface area contributed by atoms with Crippen molar-refractivity contribution >= 4 is 11.8 Å². The van der Waals surface area contributed by atoms with Crippen molar-refractivity contribution in [2.24, 2.45) is 0 Å². The third-order valence-corrected chi connectivity index (χ3v) is 0.957. The van der Waals surface area contributed by atoms with E-state index in [4.69, 9.17) is 0 Å². The van der Waals surface area contributed by atoms with Gasteiger partial charge >= 0.3 is 0 Å². The molecule has 0 aliphatic heterocycles. The van der Waals surface area contributed by atoms with Crippen LogP contribution in [0.3, 0.4) is 0 Å². The van der Waals surface area contributed by atoms with E-state index in [1.165, 1.54) is 25.7 Å². The molecule has 0 amide bonds. The van der Waals surface area contributed by atoms with Crippen LogP contribution in [0.15, 0.2) is 0 Å². The van der Waals surface area contributed by atoms with Gasteiger partial charge in [-0.2, -0.15) is 11.8 Å². The third-order valence-electron chi connectivity index (χ3n) is 0.957. The van der Waals surface area contributed by atoms with Crippen molar-refractivity contribution in [1.29, 1.82) is 0 Å². The number of hydrogen-bond acceptors (Lipinski definition) is 1. The van der Waals surface area contributed by atoms with E-state index in [-0.39, 0.29) is 0 Å². The number of rotatable bonds is 3. The monoisotopic (exact) mass is 148 g/mol. The van der Waals surface area contributed by atoms with Crippen molar-refractivity contribution in [2.45, 2.75) is 39.5 Å². The maximum atomic E-state index is 2.23. The van der Waals surface area contributed by atoms with Crippen LogP contribution in [-0.4, -0.2) is 12.5 Å². The van der Waals surface area contributed by atoms with E-state index in [1.54, 1.807) is 11.8 Å². The van der Waals surface area contributed by atoms with Crippen molar-refractivity contribution in [1.82, 2.24) is 0 Å². The molecule has 0 aromatic rings. The Hall–Kier alpha value is 0.350. The van der Waals surface area contributed by atoms with E-state index >= 15 is 0 Å². The summed E-state index contributed by atoms with van der Waals surface area (Å²) >= 11 is 1.75. The van der Waals surface area contributed by atoms with Gasteiger partial charge in [0.2, 0.25) is 0 Å². The second-order valence-corrected chi connectivity index (χ2v) is 2.93. The van der Waals surface area contributed by atoms with Gasteiger partial charge in [-0.1, -0.05) is 39.5 Å². The van der Waals surface area contributed by atoms with Gasteiger partial charge in [-0.3, -0.25) is 0 Å². The van der Waals surface area contributed by atoms with Gasteiger partial charge in [0.15, 0.2) is 0 Å². The van der Waals surface area contributed by atoms with Crippen molar-refractivity contribution in [3.05, 3.63) is 0 Å². The van der Waals surface area contributed by atoms with Gasteiger partial charge in [0, 0.05) is 0 Å². The smallest absolute Gasteiger partial charge is 0.0187 e. The van der Waals surface area contributed by atoms with Crippen LogP contribution in [0.2, 0.25) is 0 Å². The summed E-state index contributed by atoms with van der Waals surface area (Å²) in [6, 6.07) is 0. The van der Waals surface area contributed by atoms with E-state index in [1.807, 2.05) is 12.5 Å². The lowest BCUT2D eigenvalue weighted by Gasteiger charge is -1.86. The molecular formula is C8H20S. The molecule has 0 aliphatic carbocycles. The molecule has 9 heavy (non-hydrogen) atoms. The maximum absolute atomic E-state index is 2.23. The summed E-state index contributed by atoms with van der Waals surface area (Å²) in [5.74, 6) is 0. The quantitative estimate of drug-likeness (QED) is 0.551. The molecule has 0 bridgehead atoms. The number of thioether (sulfide) groups is 1. The lowest BCUT2D eigenvalue weighted by atomic mass is 10.2. The molecule has 0 radical (unpaired) electrons. The van der Waals surface area contributed by atoms with Crippen LogP contribution in [0.5, 0.6) is 0 Å². The summed E-state index contributed by atoms with van der Waals surface area (Å²) in [5.41, 5.74) is 0. The fraction of sp³-hybridized carbons (Fsp3) is 1.00. The Morgan fingerprint density at radius 1 is 0.889 bits per heavy atom. The third kappa shape index (κ3) is 30.0. The molecule has 0 saturated carbocycles. The number of unbranched alkanes of at least 4 members (excludes halogenated alkanes) is 3. The Bertz CT molecular complexity index is 23.7. The summed E-state index contributed by atoms with van der Waals surface area (Å²) in [6.45, 7) is 4.46. The van der Waals surface area contributed by atoms with E-state index in [9.17, 15) is 0 Å². The molecule has 0 aromatic carbocycles. The first-order chi connectivity index (χ1) is 4.33. The Morgan fingerprint density at radius 3 is 1.22 bits per heavy atom. The van der Waals surface area contributed by atoms with Crippen molar-refractivity contribution in [2.75, 3.05) is 12.5 Å². The molecular weight excluding hydrogens is 128 g/mol. The highest BCUT2D eigenvalue weighted by molar-refractivity contribution is 7.97. The molecule has 0 unspecified atom stereocenters. The van der Waals surface area contributed by atoms with Crippen LogP contribution in [0.4, 0.5) is 0 Å². The first-order valence-corrected chi connectivity index (χ1v) is 5.36. The molecule has 0 rings (SSSR count). The first-order valence-electron chi connectivity index (χ1n) is 3.73. The Kier molecular flexibility index (Phi) is 21.1. The van der Waals surface area contributed by atoms with E-state index < -0.39 is 0 Å². The highest BCUT2D eigenvalue weighted by atomic mass is 32.2. The van der Waals surface area contributed by atoms with Gasteiger partial charge in [-0.05, 0) is 12.5 Å². The molecule has 58 valence electrons. The van der Waals surface area contributed by atoms with Gasteiger partial charge < -0.3 is 0 Å². The zero-order valence-electron chi connectivity index (χ0n) is 7.24. The molecule has 0 aromatic heterocycles. The van der Waals surface area contributed by atoms with E-state index in [0.717, 1.165) is 0 Å². The molecule has 0 N–H and O–H groups in total. The van der Waals surface area contributed by atoms with Gasteiger partial charge in [0.05, 0.1) is 0 Å². The van der Waals surface area contributed by atoms with Crippen LogP contribution in [0, 0.1) is 0 Å². The molecule has 0 nitrogen and oxygen atoms in total. The summed E-state index contributed by atoms with van der Waals surface area (Å²) in [6.07, 6.45) is 9.62. The second kappa shape index (κ2) is 15.8. The van der Waals surface area contributed by atoms with Crippen LogP contribution >= 0.6 is 11.8 Å². The Balaban J connectivity index is 0. The van der Waals surface area contributed by atoms with Gasteiger partial charge in [0.1, 0.15) is 0 Å². The standard InChI is InChI=1S/C6H14.C2H6S/c1-3-5-6-4-2;1-3-2/h3-6H2,1-2H3;1-2H3. The zero-order valence-corrected chi connectivity index (χ0v) is 8.05. The van der Waals surface area contributed by atoms with Crippen molar-refractivity contribution < 1.29 is 0 Å². The van der Waals surface area contributed by atoms with Gasteiger partial charge in [-0.15, -0.1) is 0 Å². The van der Waals surface area contributed by atoms with Crippen LogP contribution < -0.4 is 0 Å². The topological polar surface area (TPSA) is 0 Å². The minimum absolute atomic E-state index is 1.36. The zero-order chi connectivity index (χ0) is 7.54. The fourth-order valence-electron chi connectivity index (χ4n) is 0.500. The normalized spacial score (nSPS) is 8.00. The molecule has 0 saturated heterocycles. The lowest BCUT2D eigenvalue weighted by molar-refractivity contribution is 0.702. The molecule has 0 fully saturated rings. The Labute approximate surface area is 64.4 Å². The van der Waals surface area contributed by atoms with Crippen LogP contribution in [0.1, 0.15) is 39.5 Å². The highest BCUT2D eigenvalue weighted by Crippen LogP contribution is 1.95. The first kappa shape index (κ1) is 12.1. The Morgan fingerprint density at radius 2 is 1.11 bits per heavy atom. The van der Waals surface area contributed by atoms with Crippen molar-refractivity contribution in [3.8, 4) is 0 Å². The average molecular weight is 148 g/mol. The molecule has 0 spiro atoms. The largest absolute Gasteiger partial charge is 0.169 e. The summed E-state index contributed by atoms with van der Waals surface area (Å²) in [4.78, 5) is 0. The van der Waals surface area contributed by atoms with E-state index in [0.29, 0.717) is 0 Å². The minimum atomic E-state index is 1.36. The SMILES string of the molecule is CCCCCC.CSC. The second-order valence-electron chi connectivity index (χ2n) is 2.12. The van der Waals surface area contributed by atoms with Gasteiger partial charge in [0.25, 0.3) is 0 Å². The summed E-state index contributed by atoms with van der Waals surface area (Å²) < 4.78 is 0. The van der Waals surface area contributed by atoms with E-state index in [2.05, 4.69) is 13.8 Å². The highest BCUT2D eigenvalue weighted by Gasteiger charge is 1.75. The number of hydrogen-bond donors (Lipinski definition) is 0. The molecule has 0 aliphatic rings. The molecule has 1 heteroatoms. The molecule has 0 atom stereocenters. The lowest BCUT2D eigenvalue weighted by Crippen LogP contribution is -1.66.